The summed E-state index contributed by atoms with van der Waals surface area (Å²) < 4.78 is 154. The first-order chi connectivity index (χ1) is 11.8. The van der Waals surface area contributed by atoms with Crippen LogP contribution in [0.15, 0.2) is 12.7 Å². The fourth-order valence-corrected chi connectivity index (χ4v) is 1.84. The maximum absolute atomic E-state index is 13.1. The van der Waals surface area contributed by atoms with Crippen LogP contribution in [0.2, 0.25) is 0 Å². The quantitative estimate of drug-likeness (QED) is 0.240. The zero-order chi connectivity index (χ0) is 22.3. The Balaban J connectivity index is 0. The van der Waals surface area contributed by atoms with Crippen molar-refractivity contribution in [1.82, 2.24) is 0 Å². The number of halogens is 10. The van der Waals surface area contributed by atoms with Crippen LogP contribution in [0.25, 0.3) is 0 Å². The Labute approximate surface area is 148 Å². The molecule has 0 aromatic rings. The van der Waals surface area contributed by atoms with Gasteiger partial charge < -0.3 is 5.73 Å². The van der Waals surface area contributed by atoms with E-state index in [0.29, 0.717) is 6.54 Å². The molecule has 0 spiro atoms. The Morgan fingerprint density at radius 2 is 1.41 bits per heavy atom. The summed E-state index contributed by atoms with van der Waals surface area (Å²) in [7, 11) is -7.00. The van der Waals surface area contributed by atoms with E-state index in [0.717, 1.165) is 0 Å². The molecule has 0 saturated carbocycles. The van der Waals surface area contributed by atoms with E-state index in [1.54, 1.807) is 6.08 Å². The first-order valence-electron chi connectivity index (χ1n) is 6.91. The van der Waals surface area contributed by atoms with E-state index in [2.05, 4.69) is 6.58 Å². The average Bonchev–Trinajstić information content (AvgIpc) is 2.49. The second-order valence-corrected chi connectivity index (χ2v) is 6.50. The van der Waals surface area contributed by atoms with Gasteiger partial charge in [0.2, 0.25) is 0 Å². The molecular formula is C12H17F10NO3S. The minimum absolute atomic E-state index is 0.583. The van der Waals surface area contributed by atoms with Gasteiger partial charge in [0.15, 0.2) is 6.17 Å². The Bertz CT molecular complexity index is 562. The molecule has 0 bridgehead atoms. The second-order valence-electron chi connectivity index (χ2n) is 5.04. The van der Waals surface area contributed by atoms with Crippen molar-refractivity contribution in [3.8, 4) is 0 Å². The molecule has 0 radical (unpaired) electrons. The monoisotopic (exact) mass is 445 g/mol. The molecule has 3 N–H and O–H groups in total. The summed E-state index contributed by atoms with van der Waals surface area (Å²) in [4.78, 5) is 0. The lowest BCUT2D eigenvalue weighted by Crippen LogP contribution is -2.61. The van der Waals surface area contributed by atoms with Crippen LogP contribution in [0, 0.1) is 0 Å². The van der Waals surface area contributed by atoms with Crippen molar-refractivity contribution < 1.29 is 56.9 Å². The van der Waals surface area contributed by atoms with E-state index < -0.39 is 65.2 Å². The van der Waals surface area contributed by atoms with Gasteiger partial charge in [0, 0.05) is 13.0 Å². The highest BCUT2D eigenvalue weighted by Gasteiger charge is 2.79. The molecule has 0 heterocycles. The number of rotatable bonds is 9. The molecule has 4 nitrogen and oxygen atoms in total. The summed E-state index contributed by atoms with van der Waals surface area (Å²) in [6.07, 6.45) is -12.2. The number of alkyl halides is 10. The first kappa shape index (κ1) is 28.1. The van der Waals surface area contributed by atoms with Gasteiger partial charge in [0.05, 0.1) is 0 Å². The zero-order valence-electron chi connectivity index (χ0n) is 13.4. The summed E-state index contributed by atoms with van der Waals surface area (Å²) in [5.74, 6) is -13.1. The van der Waals surface area contributed by atoms with Crippen LogP contribution >= 0.6 is 0 Å². The van der Waals surface area contributed by atoms with Crippen LogP contribution in [-0.2, 0) is 10.1 Å². The van der Waals surface area contributed by atoms with Crippen molar-refractivity contribution in [1.29, 1.82) is 0 Å². The third kappa shape index (κ3) is 7.81. The molecule has 1 atom stereocenters. The van der Waals surface area contributed by atoms with E-state index >= 15 is 0 Å². The van der Waals surface area contributed by atoms with Crippen molar-refractivity contribution in [3.63, 3.8) is 0 Å². The third-order valence-corrected chi connectivity index (χ3v) is 3.74. The topological polar surface area (TPSA) is 80.4 Å². The van der Waals surface area contributed by atoms with Gasteiger partial charge in [0.1, 0.15) is 0 Å². The van der Waals surface area contributed by atoms with Gasteiger partial charge in [-0.3, -0.25) is 4.55 Å². The average molecular weight is 445 g/mol. The number of hydrogen-bond acceptors (Lipinski definition) is 3. The van der Waals surface area contributed by atoms with Crippen LogP contribution in [-0.4, -0.2) is 49.0 Å². The molecule has 27 heavy (non-hydrogen) atoms. The highest BCUT2D eigenvalue weighted by molar-refractivity contribution is 7.87. The van der Waals surface area contributed by atoms with Crippen molar-refractivity contribution >= 4 is 10.1 Å². The fourth-order valence-electron chi connectivity index (χ4n) is 1.38. The van der Waals surface area contributed by atoms with Crippen LogP contribution in [0.1, 0.15) is 25.7 Å². The number of unbranched alkanes of at least 4 members (excludes halogenated alkanes) is 1. The molecule has 0 saturated heterocycles. The summed E-state index contributed by atoms with van der Waals surface area (Å²) >= 11 is 0. The highest BCUT2D eigenvalue weighted by atomic mass is 32.2. The van der Waals surface area contributed by atoms with E-state index in [1.165, 1.54) is 0 Å². The smallest absolute Gasteiger partial charge is 0.327 e. The third-order valence-electron chi connectivity index (χ3n) is 2.84. The van der Waals surface area contributed by atoms with Crippen molar-refractivity contribution in [2.75, 3.05) is 6.54 Å². The zero-order valence-corrected chi connectivity index (χ0v) is 14.2. The largest absolute Gasteiger partial charge is 0.438 e. The first-order valence-corrected chi connectivity index (χ1v) is 8.35. The summed E-state index contributed by atoms with van der Waals surface area (Å²) in [5.41, 5.74) is 4.91. The fraction of sp³-hybridized carbons (Fsp3) is 0.833. The molecule has 0 rings (SSSR count). The predicted octanol–water partition coefficient (Wildman–Crippen LogP) is 4.33. The second kappa shape index (κ2) is 9.91. The van der Waals surface area contributed by atoms with Crippen molar-refractivity contribution in [2.24, 2.45) is 5.73 Å². The molecule has 0 aromatic carbocycles. The van der Waals surface area contributed by atoms with Gasteiger partial charge in [-0.1, -0.05) is 6.08 Å². The molecule has 0 aliphatic heterocycles. The van der Waals surface area contributed by atoms with Gasteiger partial charge in [-0.05, 0) is 19.3 Å². The lowest BCUT2D eigenvalue weighted by Gasteiger charge is -2.32. The maximum atomic E-state index is 13.1. The van der Waals surface area contributed by atoms with Gasteiger partial charge in [-0.25, -0.2) is 4.39 Å². The molecular weight excluding hydrogens is 428 g/mol. The van der Waals surface area contributed by atoms with E-state index in [-0.39, 0.29) is 0 Å². The molecule has 0 aliphatic carbocycles. The van der Waals surface area contributed by atoms with Gasteiger partial charge >= 0.3 is 33.4 Å². The van der Waals surface area contributed by atoms with E-state index in [1.807, 2.05) is 0 Å². The van der Waals surface area contributed by atoms with Crippen LogP contribution in [0.4, 0.5) is 43.9 Å². The SMILES string of the molecule is C=CCN.O=S(=O)(O)C(F)(F)C(F)(F)C(F)(F)C(F)CCCCC(F)(F)F. The highest BCUT2D eigenvalue weighted by Crippen LogP contribution is 2.50. The number of hydrogen-bond donors (Lipinski definition) is 2. The minimum Gasteiger partial charge on any atom is -0.327 e. The van der Waals surface area contributed by atoms with Crippen LogP contribution < -0.4 is 5.73 Å². The van der Waals surface area contributed by atoms with Gasteiger partial charge in [-0.2, -0.15) is 47.9 Å². The summed E-state index contributed by atoms with van der Waals surface area (Å²) in [6.45, 7) is 3.94. The predicted molar refractivity (Wildman–Crippen MR) is 75.1 cm³/mol. The molecule has 15 heteroatoms. The Hall–Kier alpha value is -1.09. The maximum Gasteiger partial charge on any atom is 0.438 e. The summed E-state index contributed by atoms with van der Waals surface area (Å²) in [5, 5.41) is -6.69. The standard InChI is InChI=1S/C9H10F10O3S.C3H7N/c10-5(3-1-2-4-6(11,12)13)7(14,15)8(16,17)9(18,19)23(20,21)22;1-2-3-4/h5H,1-4H2,(H,20,21,22);2H,1,3-4H2. The molecule has 164 valence electrons. The van der Waals surface area contributed by atoms with Crippen molar-refractivity contribution in [2.45, 2.75) is 55.1 Å². The molecule has 0 aliphatic rings. The summed E-state index contributed by atoms with van der Waals surface area (Å²) in [6, 6.07) is 0. The lowest BCUT2D eigenvalue weighted by molar-refractivity contribution is -0.300. The normalized spacial score (nSPS) is 15.0. The van der Waals surface area contributed by atoms with Gasteiger partial charge in [-0.15, -0.1) is 6.58 Å². The Morgan fingerprint density at radius 3 is 1.70 bits per heavy atom. The molecule has 1 unspecified atom stereocenters. The van der Waals surface area contributed by atoms with E-state index in [9.17, 15) is 52.3 Å². The van der Waals surface area contributed by atoms with Crippen molar-refractivity contribution in [3.05, 3.63) is 12.7 Å². The molecule has 0 fully saturated rings. The Kier molecular flexibility index (Phi) is 10.3. The van der Waals surface area contributed by atoms with Crippen LogP contribution in [0.5, 0.6) is 0 Å². The number of nitrogens with two attached hydrogens (primary N) is 1. The lowest BCUT2D eigenvalue weighted by atomic mass is 10.0. The van der Waals surface area contributed by atoms with E-state index in [4.69, 9.17) is 10.3 Å². The minimum atomic E-state index is -7.00. The van der Waals surface area contributed by atoms with Crippen LogP contribution in [0.3, 0.4) is 0 Å². The molecule has 0 aromatic heterocycles. The Morgan fingerprint density at radius 1 is 1.00 bits per heavy atom. The van der Waals surface area contributed by atoms with Gasteiger partial charge in [0.25, 0.3) is 0 Å². The molecule has 0 amide bonds.